The highest BCUT2D eigenvalue weighted by atomic mass is 16.5. The van der Waals surface area contributed by atoms with Gasteiger partial charge in [-0.3, -0.25) is 9.69 Å². The number of piperidine rings is 1. The van der Waals surface area contributed by atoms with Gasteiger partial charge < -0.3 is 9.64 Å². The third-order valence-corrected chi connectivity index (χ3v) is 6.73. The zero-order chi connectivity index (χ0) is 21.2. The number of carbonyl (C=O) groups excluding carboxylic acids is 1. The Bertz CT molecular complexity index is 1070. The molecule has 31 heavy (non-hydrogen) atoms. The number of hydrogen-bond acceptors (Lipinski definition) is 4. The first-order chi connectivity index (χ1) is 15.2. The number of methoxy groups -OCH3 is 1. The van der Waals surface area contributed by atoms with Crippen molar-refractivity contribution < 1.29 is 9.53 Å². The Balaban J connectivity index is 1.19. The van der Waals surface area contributed by atoms with Crippen LogP contribution < -0.4 is 4.74 Å². The molecular formula is C26H29N3O2. The van der Waals surface area contributed by atoms with E-state index in [4.69, 9.17) is 9.72 Å². The van der Waals surface area contributed by atoms with Gasteiger partial charge >= 0.3 is 0 Å². The fourth-order valence-corrected chi connectivity index (χ4v) is 4.98. The van der Waals surface area contributed by atoms with Gasteiger partial charge in [0.2, 0.25) is 0 Å². The van der Waals surface area contributed by atoms with Crippen LogP contribution in [-0.2, 0) is 13.1 Å². The van der Waals surface area contributed by atoms with Crippen LogP contribution in [0.25, 0.3) is 10.9 Å². The molecule has 0 bridgehead atoms. The van der Waals surface area contributed by atoms with Crippen LogP contribution in [0.5, 0.6) is 5.75 Å². The molecule has 160 valence electrons. The van der Waals surface area contributed by atoms with E-state index in [1.54, 1.807) is 7.11 Å². The maximum absolute atomic E-state index is 13.1. The molecule has 2 aliphatic rings. The molecule has 1 saturated heterocycles. The molecule has 5 heteroatoms. The van der Waals surface area contributed by atoms with Gasteiger partial charge in [0.15, 0.2) is 0 Å². The zero-order valence-corrected chi connectivity index (χ0v) is 18.1. The highest BCUT2D eigenvalue weighted by Gasteiger charge is 2.33. The number of hydrogen-bond donors (Lipinski definition) is 0. The lowest BCUT2D eigenvalue weighted by Gasteiger charge is -2.32. The summed E-state index contributed by atoms with van der Waals surface area (Å²) in [5.41, 5.74) is 3.77. The average molecular weight is 416 g/mol. The van der Waals surface area contributed by atoms with Gasteiger partial charge in [-0.2, -0.15) is 0 Å². The summed E-state index contributed by atoms with van der Waals surface area (Å²) in [5, 5.41) is 0.907. The van der Waals surface area contributed by atoms with Gasteiger partial charge in [-0.05, 0) is 56.0 Å². The summed E-state index contributed by atoms with van der Waals surface area (Å²) >= 11 is 0. The van der Waals surface area contributed by atoms with Crippen molar-refractivity contribution in [3.05, 3.63) is 71.4 Å². The Morgan fingerprint density at radius 3 is 2.55 bits per heavy atom. The van der Waals surface area contributed by atoms with Crippen molar-refractivity contribution >= 4 is 16.8 Å². The fourth-order valence-electron chi connectivity index (χ4n) is 4.98. The topological polar surface area (TPSA) is 45.7 Å². The molecule has 0 spiro atoms. The van der Waals surface area contributed by atoms with Crippen LogP contribution in [0, 0.1) is 5.92 Å². The van der Waals surface area contributed by atoms with E-state index in [0.717, 1.165) is 49.2 Å². The van der Waals surface area contributed by atoms with Crippen LogP contribution in [0.4, 0.5) is 0 Å². The van der Waals surface area contributed by atoms with Crippen LogP contribution in [0.2, 0.25) is 0 Å². The molecule has 3 aromatic rings. The van der Waals surface area contributed by atoms with E-state index in [2.05, 4.69) is 35.2 Å². The van der Waals surface area contributed by atoms with Gasteiger partial charge in [-0.15, -0.1) is 0 Å². The van der Waals surface area contributed by atoms with Crippen molar-refractivity contribution in [2.75, 3.05) is 26.7 Å². The predicted octanol–water partition coefficient (Wildman–Crippen LogP) is 4.50. The number of nitrogens with zero attached hydrogens (tertiary/aromatic N) is 3. The van der Waals surface area contributed by atoms with Crippen LogP contribution in [0.3, 0.4) is 0 Å². The first kappa shape index (κ1) is 20.0. The van der Waals surface area contributed by atoms with Gasteiger partial charge in [-0.25, -0.2) is 4.98 Å². The highest BCUT2D eigenvalue weighted by molar-refractivity contribution is 6.05. The molecule has 5 rings (SSSR count). The van der Waals surface area contributed by atoms with Crippen molar-refractivity contribution in [3.8, 4) is 5.75 Å². The second-order valence-electron chi connectivity index (χ2n) is 8.70. The highest BCUT2D eigenvalue weighted by Crippen LogP contribution is 2.36. The number of rotatable bonds is 6. The Morgan fingerprint density at radius 2 is 1.77 bits per heavy atom. The van der Waals surface area contributed by atoms with E-state index >= 15 is 0 Å². The largest absolute Gasteiger partial charge is 0.495 e. The average Bonchev–Trinajstić information content (AvgIpc) is 3.13. The van der Waals surface area contributed by atoms with Crippen LogP contribution in [-0.4, -0.2) is 47.4 Å². The lowest BCUT2D eigenvalue weighted by Crippen LogP contribution is -2.35. The van der Waals surface area contributed by atoms with Gasteiger partial charge in [0.1, 0.15) is 11.3 Å². The molecule has 0 radical (unpaired) electrons. The summed E-state index contributed by atoms with van der Waals surface area (Å²) in [6.07, 6.45) is 3.46. The number of ether oxygens (including phenoxy) is 1. The van der Waals surface area contributed by atoms with Crippen molar-refractivity contribution in [3.63, 3.8) is 0 Å². The lowest BCUT2D eigenvalue weighted by molar-refractivity contribution is 0.0754. The van der Waals surface area contributed by atoms with Crippen molar-refractivity contribution in [1.82, 2.24) is 14.8 Å². The normalized spacial score (nSPS) is 17.3. The SMILES string of the molecule is COc1c2c(nc3ccccc13)CN(CCC1CCN(Cc3ccccc3)CC1)C2=O. The Kier molecular flexibility index (Phi) is 5.60. The number of benzene rings is 2. The summed E-state index contributed by atoms with van der Waals surface area (Å²) in [7, 11) is 1.64. The van der Waals surface area contributed by atoms with E-state index in [-0.39, 0.29) is 5.91 Å². The van der Waals surface area contributed by atoms with Gasteiger partial charge in [-0.1, -0.05) is 42.5 Å². The van der Waals surface area contributed by atoms with Crippen LogP contribution >= 0.6 is 0 Å². The van der Waals surface area contributed by atoms with Gasteiger partial charge in [0, 0.05) is 18.5 Å². The number of para-hydroxylation sites is 1. The number of aromatic nitrogens is 1. The van der Waals surface area contributed by atoms with E-state index in [9.17, 15) is 4.79 Å². The third kappa shape index (κ3) is 4.02. The molecule has 2 aromatic carbocycles. The molecule has 1 aromatic heterocycles. The van der Waals surface area contributed by atoms with Gasteiger partial charge in [0.05, 0.1) is 24.9 Å². The predicted molar refractivity (Wildman–Crippen MR) is 122 cm³/mol. The Hall–Kier alpha value is -2.92. The number of carbonyl (C=O) groups is 1. The van der Waals surface area contributed by atoms with E-state index in [0.29, 0.717) is 23.8 Å². The van der Waals surface area contributed by atoms with Crippen LogP contribution in [0.15, 0.2) is 54.6 Å². The number of pyridine rings is 1. The molecule has 0 saturated carbocycles. The molecular weight excluding hydrogens is 386 g/mol. The summed E-state index contributed by atoms with van der Waals surface area (Å²) in [4.78, 5) is 22.4. The van der Waals surface area contributed by atoms with Crippen molar-refractivity contribution in [1.29, 1.82) is 0 Å². The van der Waals surface area contributed by atoms with E-state index in [1.807, 2.05) is 29.2 Å². The first-order valence-corrected chi connectivity index (χ1v) is 11.2. The Labute approximate surface area is 183 Å². The molecule has 0 unspecified atom stereocenters. The van der Waals surface area contributed by atoms with E-state index < -0.39 is 0 Å². The van der Waals surface area contributed by atoms with Crippen LogP contribution in [0.1, 0.15) is 40.9 Å². The Morgan fingerprint density at radius 1 is 1.03 bits per heavy atom. The molecule has 1 fully saturated rings. The monoisotopic (exact) mass is 415 g/mol. The van der Waals surface area contributed by atoms with E-state index in [1.165, 1.54) is 18.4 Å². The molecule has 5 nitrogen and oxygen atoms in total. The summed E-state index contributed by atoms with van der Waals surface area (Å²) in [6, 6.07) is 18.6. The summed E-state index contributed by atoms with van der Waals surface area (Å²) in [5.74, 6) is 1.41. The zero-order valence-electron chi connectivity index (χ0n) is 18.1. The maximum Gasteiger partial charge on any atom is 0.259 e. The molecule has 0 N–H and O–H groups in total. The lowest BCUT2D eigenvalue weighted by atomic mass is 9.93. The molecule has 2 aliphatic heterocycles. The fraction of sp³-hybridized carbons (Fsp3) is 0.385. The molecule has 0 atom stereocenters. The molecule has 3 heterocycles. The summed E-state index contributed by atoms with van der Waals surface area (Å²) in [6.45, 7) is 4.68. The minimum atomic E-state index is 0.0617. The number of likely N-dealkylation sites (tertiary alicyclic amines) is 1. The second kappa shape index (κ2) is 8.67. The van der Waals surface area contributed by atoms with Crippen molar-refractivity contribution in [2.45, 2.75) is 32.4 Å². The maximum atomic E-state index is 13.1. The smallest absolute Gasteiger partial charge is 0.259 e. The molecule has 1 amide bonds. The quantitative estimate of drug-likeness (QED) is 0.595. The molecule has 0 aliphatic carbocycles. The number of fused-ring (bicyclic) bond motifs is 2. The standard InChI is InChI=1S/C26H29N3O2/c1-31-25-21-9-5-6-10-22(21)27-23-18-29(26(30)24(23)25)16-13-19-11-14-28(15-12-19)17-20-7-3-2-4-8-20/h2-10,19H,11-18H2,1H3. The second-order valence-corrected chi connectivity index (χ2v) is 8.70. The summed E-state index contributed by atoms with van der Waals surface area (Å²) < 4.78 is 5.65. The minimum Gasteiger partial charge on any atom is -0.495 e. The number of amides is 1. The van der Waals surface area contributed by atoms with Gasteiger partial charge in [0.25, 0.3) is 5.91 Å². The third-order valence-electron chi connectivity index (χ3n) is 6.73. The van der Waals surface area contributed by atoms with Crippen molar-refractivity contribution in [2.24, 2.45) is 5.92 Å². The minimum absolute atomic E-state index is 0.0617. The first-order valence-electron chi connectivity index (χ1n) is 11.2.